The third-order valence-corrected chi connectivity index (χ3v) is 1.86. The lowest BCUT2D eigenvalue weighted by atomic mass is 10.2. The van der Waals surface area contributed by atoms with Crippen LogP contribution in [0.25, 0.3) is 10.4 Å². The van der Waals surface area contributed by atoms with Gasteiger partial charge in [0, 0.05) is 4.91 Å². The predicted molar refractivity (Wildman–Crippen MR) is 57.3 cm³/mol. The van der Waals surface area contributed by atoms with E-state index in [1.54, 1.807) is 18.2 Å². The SMILES string of the molecule is [N-]=[N+]=NC(COC(=O)c1ccccc1)C(=O)O. The molecule has 7 nitrogen and oxygen atoms in total. The van der Waals surface area contributed by atoms with Gasteiger partial charge in [-0.2, -0.15) is 0 Å². The number of azide groups is 1. The Morgan fingerprint density at radius 2 is 2.06 bits per heavy atom. The molecule has 17 heavy (non-hydrogen) atoms. The largest absolute Gasteiger partial charge is 0.481 e. The molecule has 1 unspecified atom stereocenters. The number of esters is 1. The van der Waals surface area contributed by atoms with E-state index in [1.807, 2.05) is 0 Å². The molecule has 0 bridgehead atoms. The summed E-state index contributed by atoms with van der Waals surface area (Å²) in [6.07, 6.45) is 0. The van der Waals surface area contributed by atoms with Gasteiger partial charge in [0.1, 0.15) is 6.61 Å². The number of rotatable bonds is 5. The quantitative estimate of drug-likeness (QED) is 0.361. The van der Waals surface area contributed by atoms with Crippen LogP contribution >= 0.6 is 0 Å². The fourth-order valence-electron chi connectivity index (χ4n) is 1.03. The van der Waals surface area contributed by atoms with Crippen molar-refractivity contribution in [1.29, 1.82) is 0 Å². The molecule has 0 saturated carbocycles. The lowest BCUT2D eigenvalue weighted by molar-refractivity contribution is -0.139. The highest BCUT2D eigenvalue weighted by atomic mass is 16.5. The van der Waals surface area contributed by atoms with Crippen LogP contribution in [0.4, 0.5) is 0 Å². The fraction of sp³-hybridized carbons (Fsp3) is 0.200. The van der Waals surface area contributed by atoms with Gasteiger partial charge in [-0.3, -0.25) is 4.79 Å². The maximum absolute atomic E-state index is 11.4. The van der Waals surface area contributed by atoms with Gasteiger partial charge in [-0.05, 0) is 17.7 Å². The summed E-state index contributed by atoms with van der Waals surface area (Å²) >= 11 is 0. The number of carboxylic acid groups (broad SMARTS) is 1. The first-order valence-electron chi connectivity index (χ1n) is 4.64. The first kappa shape index (κ1) is 12.5. The summed E-state index contributed by atoms with van der Waals surface area (Å²) in [4.78, 5) is 24.4. The highest BCUT2D eigenvalue weighted by Gasteiger charge is 2.18. The molecule has 0 spiro atoms. The molecule has 1 atom stereocenters. The summed E-state index contributed by atoms with van der Waals surface area (Å²) in [5.41, 5.74) is 8.43. The summed E-state index contributed by atoms with van der Waals surface area (Å²) in [5.74, 6) is -2.01. The minimum absolute atomic E-state index is 0.303. The summed E-state index contributed by atoms with van der Waals surface area (Å²) in [5, 5.41) is 11.6. The maximum Gasteiger partial charge on any atom is 0.338 e. The number of carbonyl (C=O) groups is 2. The highest BCUT2D eigenvalue weighted by Crippen LogP contribution is 2.03. The molecule has 1 N–H and O–H groups in total. The van der Waals surface area contributed by atoms with Crippen molar-refractivity contribution in [2.45, 2.75) is 6.04 Å². The van der Waals surface area contributed by atoms with E-state index in [0.29, 0.717) is 5.56 Å². The molecule has 7 heteroatoms. The number of benzene rings is 1. The molecular weight excluding hydrogens is 226 g/mol. The van der Waals surface area contributed by atoms with E-state index in [0.717, 1.165) is 0 Å². The second-order valence-corrected chi connectivity index (χ2v) is 3.02. The van der Waals surface area contributed by atoms with E-state index < -0.39 is 24.6 Å². The fourth-order valence-corrected chi connectivity index (χ4v) is 1.03. The van der Waals surface area contributed by atoms with E-state index in [9.17, 15) is 9.59 Å². The predicted octanol–water partition coefficient (Wildman–Crippen LogP) is 1.61. The van der Waals surface area contributed by atoms with Gasteiger partial charge in [0.2, 0.25) is 0 Å². The monoisotopic (exact) mass is 235 g/mol. The van der Waals surface area contributed by atoms with E-state index in [4.69, 9.17) is 15.4 Å². The number of hydrogen-bond acceptors (Lipinski definition) is 4. The molecule has 0 amide bonds. The minimum atomic E-state index is -1.41. The number of aliphatic carboxylic acids is 1. The third kappa shape index (κ3) is 3.84. The second kappa shape index (κ2) is 6.14. The van der Waals surface area contributed by atoms with E-state index >= 15 is 0 Å². The summed E-state index contributed by atoms with van der Waals surface area (Å²) in [7, 11) is 0. The Bertz CT molecular complexity index is 452. The lowest BCUT2D eigenvalue weighted by Gasteiger charge is -2.07. The normalized spacial score (nSPS) is 11.1. The van der Waals surface area contributed by atoms with Crippen molar-refractivity contribution >= 4 is 11.9 Å². The number of carboxylic acids is 1. The topological polar surface area (TPSA) is 112 Å². The summed E-state index contributed by atoms with van der Waals surface area (Å²) in [6, 6.07) is 6.69. The molecule has 1 rings (SSSR count). The molecule has 1 aromatic carbocycles. The van der Waals surface area contributed by atoms with Gasteiger partial charge in [-0.25, -0.2) is 4.79 Å². The van der Waals surface area contributed by atoms with E-state index in [1.165, 1.54) is 12.1 Å². The van der Waals surface area contributed by atoms with Crippen LogP contribution in [0.15, 0.2) is 35.4 Å². The third-order valence-electron chi connectivity index (χ3n) is 1.86. The van der Waals surface area contributed by atoms with Crippen molar-refractivity contribution in [1.82, 2.24) is 0 Å². The van der Waals surface area contributed by atoms with Gasteiger partial charge >= 0.3 is 11.9 Å². The molecular formula is C10H9N3O4. The highest BCUT2D eigenvalue weighted by molar-refractivity contribution is 5.89. The zero-order valence-electron chi connectivity index (χ0n) is 8.68. The Kier molecular flexibility index (Phi) is 4.53. The van der Waals surface area contributed by atoms with Crippen LogP contribution in [0.2, 0.25) is 0 Å². The van der Waals surface area contributed by atoms with Crippen LogP contribution in [0.1, 0.15) is 10.4 Å². The first-order valence-corrected chi connectivity index (χ1v) is 4.64. The minimum Gasteiger partial charge on any atom is -0.481 e. The van der Waals surface area contributed by atoms with Crippen molar-refractivity contribution in [2.75, 3.05) is 6.61 Å². The first-order chi connectivity index (χ1) is 8.15. The second-order valence-electron chi connectivity index (χ2n) is 3.02. The Labute approximate surface area is 96.3 Å². The number of carbonyl (C=O) groups excluding carboxylic acids is 1. The maximum atomic E-state index is 11.4. The van der Waals surface area contributed by atoms with Crippen molar-refractivity contribution < 1.29 is 19.4 Å². The van der Waals surface area contributed by atoms with Crippen molar-refractivity contribution in [2.24, 2.45) is 5.11 Å². The number of hydrogen-bond donors (Lipinski definition) is 1. The van der Waals surface area contributed by atoms with Crippen LogP contribution < -0.4 is 0 Å². The standard InChI is InChI=1S/C10H9N3O4/c11-13-12-8(9(14)15)6-17-10(16)7-4-2-1-3-5-7/h1-5,8H,6H2,(H,14,15). The van der Waals surface area contributed by atoms with Crippen LogP contribution in [0.3, 0.4) is 0 Å². The number of ether oxygens (including phenoxy) is 1. The molecule has 0 saturated heterocycles. The zero-order chi connectivity index (χ0) is 12.7. The van der Waals surface area contributed by atoms with Gasteiger partial charge in [-0.1, -0.05) is 23.3 Å². The van der Waals surface area contributed by atoms with Gasteiger partial charge in [0.25, 0.3) is 0 Å². The Balaban J connectivity index is 2.58. The average Bonchev–Trinajstić information content (AvgIpc) is 2.34. The lowest BCUT2D eigenvalue weighted by Crippen LogP contribution is -2.25. The molecule has 0 radical (unpaired) electrons. The zero-order valence-corrected chi connectivity index (χ0v) is 8.68. The summed E-state index contributed by atoms with van der Waals surface area (Å²) < 4.78 is 4.72. The number of nitrogens with zero attached hydrogens (tertiary/aromatic N) is 3. The molecule has 0 aromatic heterocycles. The molecule has 1 aromatic rings. The van der Waals surface area contributed by atoms with Gasteiger partial charge in [0.05, 0.1) is 5.56 Å². The molecule has 88 valence electrons. The molecule has 0 aliphatic heterocycles. The Hall–Kier alpha value is -2.53. The van der Waals surface area contributed by atoms with Crippen LogP contribution in [-0.2, 0) is 9.53 Å². The van der Waals surface area contributed by atoms with Gasteiger partial charge in [0.15, 0.2) is 6.04 Å². The molecule has 0 heterocycles. The smallest absolute Gasteiger partial charge is 0.338 e. The van der Waals surface area contributed by atoms with E-state index in [-0.39, 0.29) is 0 Å². The Morgan fingerprint density at radius 1 is 1.41 bits per heavy atom. The molecule has 0 fully saturated rings. The van der Waals surface area contributed by atoms with Crippen LogP contribution in [0.5, 0.6) is 0 Å². The van der Waals surface area contributed by atoms with Gasteiger partial charge < -0.3 is 9.84 Å². The van der Waals surface area contributed by atoms with Crippen LogP contribution in [-0.4, -0.2) is 29.7 Å². The molecule has 0 aliphatic rings. The van der Waals surface area contributed by atoms with Crippen molar-refractivity contribution in [3.8, 4) is 0 Å². The van der Waals surface area contributed by atoms with Crippen LogP contribution in [0, 0.1) is 0 Å². The van der Waals surface area contributed by atoms with Gasteiger partial charge in [-0.15, -0.1) is 0 Å². The Morgan fingerprint density at radius 3 is 2.59 bits per heavy atom. The molecule has 0 aliphatic carbocycles. The van der Waals surface area contributed by atoms with E-state index in [2.05, 4.69) is 10.0 Å². The van der Waals surface area contributed by atoms with Crippen molar-refractivity contribution in [3.63, 3.8) is 0 Å². The average molecular weight is 235 g/mol. The summed E-state index contributed by atoms with van der Waals surface area (Å²) in [6.45, 7) is -0.493. The van der Waals surface area contributed by atoms with Crippen molar-refractivity contribution in [3.05, 3.63) is 46.3 Å².